The van der Waals surface area contributed by atoms with Crippen LogP contribution in [0, 0.1) is 21.4 Å². The second-order valence-corrected chi connectivity index (χ2v) is 6.01. The van der Waals surface area contributed by atoms with Crippen LogP contribution in [0.5, 0.6) is 5.75 Å². The molecular weight excluding hydrogens is 346 g/mol. The largest absolute Gasteiger partial charge is 0.496 e. The van der Waals surface area contributed by atoms with E-state index in [-0.39, 0.29) is 11.5 Å². The fourth-order valence-corrected chi connectivity index (χ4v) is 3.30. The number of hydrogen-bond donors (Lipinski definition) is 0. The number of ketones is 1. The van der Waals surface area contributed by atoms with Gasteiger partial charge in [-0.3, -0.25) is 14.9 Å². The SMILES string of the molecule is CCn1c(-c2ccc([N+](=O)[O-])cc2)c(C#N)c2cc(C(C)=O)c(OC)cc21. The van der Waals surface area contributed by atoms with Gasteiger partial charge in [0.1, 0.15) is 11.8 Å². The maximum Gasteiger partial charge on any atom is 0.269 e. The van der Waals surface area contributed by atoms with Crippen molar-refractivity contribution in [1.29, 1.82) is 5.26 Å². The summed E-state index contributed by atoms with van der Waals surface area (Å²) in [7, 11) is 1.50. The van der Waals surface area contributed by atoms with Crippen LogP contribution in [0.25, 0.3) is 22.2 Å². The number of nitro benzene ring substituents is 1. The van der Waals surface area contributed by atoms with Crippen molar-refractivity contribution in [2.75, 3.05) is 7.11 Å². The lowest BCUT2D eigenvalue weighted by Gasteiger charge is -2.10. The van der Waals surface area contributed by atoms with Crippen LogP contribution in [0.4, 0.5) is 5.69 Å². The molecule has 3 rings (SSSR count). The predicted octanol–water partition coefficient (Wildman–Crippen LogP) is 4.32. The molecule has 0 unspecified atom stereocenters. The third-order valence-corrected chi connectivity index (χ3v) is 4.54. The Morgan fingerprint density at radius 1 is 1.30 bits per heavy atom. The first-order chi connectivity index (χ1) is 12.9. The van der Waals surface area contributed by atoms with Crippen LogP contribution in [-0.2, 0) is 6.54 Å². The molecule has 3 aromatic rings. The number of fused-ring (bicyclic) bond motifs is 1. The molecule has 0 fully saturated rings. The second kappa shape index (κ2) is 6.92. The number of nitro groups is 1. The van der Waals surface area contributed by atoms with Crippen LogP contribution in [0.1, 0.15) is 29.8 Å². The fraction of sp³-hybridized carbons (Fsp3) is 0.200. The van der Waals surface area contributed by atoms with E-state index in [0.29, 0.717) is 40.1 Å². The number of methoxy groups -OCH3 is 1. The van der Waals surface area contributed by atoms with Gasteiger partial charge in [-0.2, -0.15) is 5.26 Å². The van der Waals surface area contributed by atoms with E-state index in [2.05, 4.69) is 6.07 Å². The van der Waals surface area contributed by atoms with E-state index in [4.69, 9.17) is 4.74 Å². The van der Waals surface area contributed by atoms with Crippen LogP contribution in [0.2, 0.25) is 0 Å². The van der Waals surface area contributed by atoms with Crippen molar-refractivity contribution in [1.82, 2.24) is 4.57 Å². The lowest BCUT2D eigenvalue weighted by molar-refractivity contribution is -0.384. The summed E-state index contributed by atoms with van der Waals surface area (Å²) < 4.78 is 7.30. The lowest BCUT2D eigenvalue weighted by atomic mass is 10.0. The second-order valence-electron chi connectivity index (χ2n) is 6.01. The lowest BCUT2D eigenvalue weighted by Crippen LogP contribution is -2.00. The van der Waals surface area contributed by atoms with Gasteiger partial charge in [-0.1, -0.05) is 0 Å². The Balaban J connectivity index is 2.37. The number of rotatable bonds is 5. The molecule has 2 aromatic carbocycles. The zero-order valence-corrected chi connectivity index (χ0v) is 15.1. The molecule has 0 saturated heterocycles. The van der Waals surface area contributed by atoms with Gasteiger partial charge >= 0.3 is 0 Å². The van der Waals surface area contributed by atoms with Gasteiger partial charge in [0.2, 0.25) is 0 Å². The Kier molecular flexibility index (Phi) is 4.65. The van der Waals surface area contributed by atoms with Crippen LogP contribution < -0.4 is 4.74 Å². The molecule has 27 heavy (non-hydrogen) atoms. The quantitative estimate of drug-likeness (QED) is 0.382. The first-order valence-electron chi connectivity index (χ1n) is 8.33. The number of benzene rings is 2. The maximum absolute atomic E-state index is 12.0. The Morgan fingerprint density at radius 2 is 1.96 bits per heavy atom. The van der Waals surface area contributed by atoms with E-state index in [1.165, 1.54) is 26.2 Å². The molecule has 136 valence electrons. The number of aromatic nitrogens is 1. The number of ether oxygens (including phenoxy) is 1. The van der Waals surface area contributed by atoms with E-state index in [1.54, 1.807) is 24.3 Å². The highest BCUT2D eigenvalue weighted by molar-refractivity contribution is 6.04. The zero-order valence-electron chi connectivity index (χ0n) is 15.1. The summed E-state index contributed by atoms with van der Waals surface area (Å²) in [6.45, 7) is 3.97. The highest BCUT2D eigenvalue weighted by Crippen LogP contribution is 2.37. The van der Waals surface area contributed by atoms with E-state index in [0.717, 1.165) is 5.52 Å². The van der Waals surface area contributed by atoms with Crippen molar-refractivity contribution in [2.24, 2.45) is 0 Å². The number of nitrogens with zero attached hydrogens (tertiary/aromatic N) is 3. The van der Waals surface area contributed by atoms with Crippen molar-refractivity contribution < 1.29 is 14.5 Å². The molecule has 1 aromatic heterocycles. The summed E-state index contributed by atoms with van der Waals surface area (Å²) in [5, 5.41) is 21.4. The summed E-state index contributed by atoms with van der Waals surface area (Å²) in [4.78, 5) is 22.4. The molecule has 0 radical (unpaired) electrons. The van der Waals surface area contributed by atoms with Gasteiger partial charge in [0.05, 0.1) is 34.4 Å². The van der Waals surface area contributed by atoms with Gasteiger partial charge in [0, 0.05) is 35.7 Å². The summed E-state index contributed by atoms with van der Waals surface area (Å²) in [6.07, 6.45) is 0. The summed E-state index contributed by atoms with van der Waals surface area (Å²) in [6, 6.07) is 11.7. The van der Waals surface area contributed by atoms with Gasteiger partial charge < -0.3 is 9.30 Å². The smallest absolute Gasteiger partial charge is 0.269 e. The van der Waals surface area contributed by atoms with Gasteiger partial charge in [-0.15, -0.1) is 0 Å². The summed E-state index contributed by atoms with van der Waals surface area (Å²) in [5.74, 6) is 0.292. The number of non-ortho nitro benzene ring substituents is 1. The van der Waals surface area contributed by atoms with E-state index < -0.39 is 4.92 Å². The molecule has 1 heterocycles. The molecule has 0 amide bonds. The Hall–Kier alpha value is -3.66. The fourth-order valence-electron chi connectivity index (χ4n) is 3.30. The molecular formula is C20H17N3O4. The Bertz CT molecular complexity index is 1110. The molecule has 0 saturated carbocycles. The number of carbonyl (C=O) groups is 1. The number of hydrogen-bond acceptors (Lipinski definition) is 5. The van der Waals surface area contributed by atoms with Crippen LogP contribution >= 0.6 is 0 Å². The highest BCUT2D eigenvalue weighted by atomic mass is 16.6. The number of aryl methyl sites for hydroxylation is 1. The molecule has 0 spiro atoms. The Morgan fingerprint density at radius 3 is 2.44 bits per heavy atom. The molecule has 7 nitrogen and oxygen atoms in total. The van der Waals surface area contributed by atoms with Gasteiger partial charge in [-0.25, -0.2) is 0 Å². The van der Waals surface area contributed by atoms with E-state index in [1.807, 2.05) is 11.5 Å². The number of Topliss-reactive ketones (excluding diaryl/α,β-unsaturated/α-hetero) is 1. The van der Waals surface area contributed by atoms with Crippen molar-refractivity contribution >= 4 is 22.4 Å². The van der Waals surface area contributed by atoms with Gasteiger partial charge in [0.15, 0.2) is 5.78 Å². The zero-order chi connectivity index (χ0) is 19.7. The van der Waals surface area contributed by atoms with Crippen molar-refractivity contribution in [3.05, 3.63) is 57.6 Å². The summed E-state index contributed by atoms with van der Waals surface area (Å²) >= 11 is 0. The third-order valence-electron chi connectivity index (χ3n) is 4.54. The third kappa shape index (κ3) is 2.91. The average molecular weight is 363 g/mol. The van der Waals surface area contributed by atoms with E-state index in [9.17, 15) is 20.2 Å². The van der Waals surface area contributed by atoms with Crippen LogP contribution in [0.3, 0.4) is 0 Å². The minimum absolute atomic E-state index is 0.0167. The molecule has 0 N–H and O–H groups in total. The first-order valence-corrected chi connectivity index (χ1v) is 8.33. The van der Waals surface area contributed by atoms with Crippen LogP contribution in [-0.4, -0.2) is 22.4 Å². The molecule has 7 heteroatoms. The molecule has 0 atom stereocenters. The first kappa shape index (κ1) is 18.1. The van der Waals surface area contributed by atoms with Crippen molar-refractivity contribution in [3.63, 3.8) is 0 Å². The minimum atomic E-state index is -0.464. The topological polar surface area (TPSA) is 98.2 Å². The van der Waals surface area contributed by atoms with E-state index >= 15 is 0 Å². The predicted molar refractivity (Wildman–Crippen MR) is 101 cm³/mol. The Labute approximate surface area is 155 Å². The highest BCUT2D eigenvalue weighted by Gasteiger charge is 2.21. The monoisotopic (exact) mass is 363 g/mol. The standard InChI is InChI=1S/C20H17N3O4/c1-4-22-18-10-19(27-3)15(12(2)24)9-16(18)17(11-21)20(22)13-5-7-14(8-6-13)23(25)26/h5-10H,4H2,1-3H3. The minimum Gasteiger partial charge on any atom is -0.496 e. The molecule has 0 aliphatic carbocycles. The van der Waals surface area contributed by atoms with Crippen molar-refractivity contribution in [3.8, 4) is 23.1 Å². The maximum atomic E-state index is 12.0. The van der Waals surface area contributed by atoms with Crippen LogP contribution in [0.15, 0.2) is 36.4 Å². The van der Waals surface area contributed by atoms with Crippen molar-refractivity contribution in [2.45, 2.75) is 20.4 Å². The summed E-state index contributed by atoms with van der Waals surface area (Å²) in [5.41, 5.74) is 2.93. The average Bonchev–Trinajstić information content (AvgIpc) is 2.99. The molecule has 0 bridgehead atoms. The van der Waals surface area contributed by atoms with Gasteiger partial charge in [-0.05, 0) is 32.0 Å². The number of carbonyl (C=O) groups excluding carboxylic acids is 1. The normalized spacial score (nSPS) is 10.6. The molecule has 0 aliphatic rings. The van der Waals surface area contributed by atoms with Gasteiger partial charge in [0.25, 0.3) is 5.69 Å². The molecule has 0 aliphatic heterocycles. The number of nitriles is 1.